The summed E-state index contributed by atoms with van der Waals surface area (Å²) in [6, 6.07) is 0. The molecule has 1 aliphatic rings. The maximum absolute atomic E-state index is 4.59. The van der Waals surface area contributed by atoms with Crippen LogP contribution in [-0.4, -0.2) is 0 Å². The molecule has 0 aromatic rings. The van der Waals surface area contributed by atoms with Gasteiger partial charge in [0.15, 0.2) is 6.61 Å². The van der Waals surface area contributed by atoms with Gasteiger partial charge < -0.3 is 4.74 Å². The van der Waals surface area contributed by atoms with E-state index in [9.17, 15) is 0 Å². The van der Waals surface area contributed by atoms with Crippen LogP contribution in [0.2, 0.25) is 0 Å². The summed E-state index contributed by atoms with van der Waals surface area (Å²) in [7, 11) is 0. The summed E-state index contributed by atoms with van der Waals surface area (Å²) in [6.07, 6.45) is 8.37. The summed E-state index contributed by atoms with van der Waals surface area (Å²) in [6.45, 7) is 1.54. The lowest BCUT2D eigenvalue weighted by Crippen LogP contribution is -1.76. The van der Waals surface area contributed by atoms with Crippen molar-refractivity contribution in [3.63, 3.8) is 0 Å². The van der Waals surface area contributed by atoms with Gasteiger partial charge >= 0.3 is 0 Å². The van der Waals surface area contributed by atoms with E-state index in [1.807, 2.05) is 0 Å². The van der Waals surface area contributed by atoms with Crippen LogP contribution in [0.4, 0.5) is 0 Å². The van der Waals surface area contributed by atoms with Gasteiger partial charge in [0.2, 0.25) is 0 Å². The van der Waals surface area contributed by atoms with Crippen molar-refractivity contribution in [3.05, 3.63) is 31.1 Å². The number of rotatable bonds is 0. The molecule has 0 bridgehead atoms. The fourth-order valence-corrected chi connectivity index (χ4v) is 0.229. The molecule has 3 radical (unpaired) electrons. The predicted molar refractivity (Wildman–Crippen MR) is 21.0 cm³/mol. The van der Waals surface area contributed by atoms with Crippen molar-refractivity contribution in [2.75, 3.05) is 0 Å². The molecule has 1 aliphatic heterocycles. The van der Waals surface area contributed by atoms with Gasteiger partial charge in [-0.25, -0.2) is 0 Å². The van der Waals surface area contributed by atoms with Crippen LogP contribution >= 0.6 is 0 Å². The molecule has 0 spiro atoms. The predicted octanol–water partition coefficient (Wildman–Crippen LogP) is 0.855. The maximum Gasteiger partial charge on any atom is 0.157 e. The normalized spacial score (nSPS) is 17.3. The van der Waals surface area contributed by atoms with E-state index in [0.717, 1.165) is 0 Å². The quantitative estimate of drug-likeness (QED) is 0.418. The summed E-state index contributed by atoms with van der Waals surface area (Å²) in [5.41, 5.74) is 0. The zero-order chi connectivity index (χ0) is 4.24. The van der Waals surface area contributed by atoms with Gasteiger partial charge in [-0.3, -0.25) is 0 Å². The topological polar surface area (TPSA) is 9.23 Å². The third kappa shape index (κ3) is 0.612. The molecular weight excluding hydrogens is 76.1 g/mol. The van der Waals surface area contributed by atoms with Gasteiger partial charge in [0.05, 0.1) is 6.26 Å². The van der Waals surface area contributed by atoms with Crippen molar-refractivity contribution in [1.82, 2.24) is 0 Å². The maximum atomic E-state index is 4.59. The minimum atomic E-state index is 1.44. The fourth-order valence-electron chi connectivity index (χ4n) is 0.229. The van der Waals surface area contributed by atoms with Crippen LogP contribution < -0.4 is 0 Å². The summed E-state index contributed by atoms with van der Waals surface area (Å²) >= 11 is 0. The Bertz CT molecular complexity index is 69.9. The van der Waals surface area contributed by atoms with E-state index in [1.54, 1.807) is 6.08 Å². The van der Waals surface area contributed by atoms with Crippen molar-refractivity contribution in [1.29, 1.82) is 0 Å². The Morgan fingerprint density at radius 3 is 2.50 bits per heavy atom. The van der Waals surface area contributed by atoms with Gasteiger partial charge in [0, 0.05) is 6.08 Å². The molecule has 0 atom stereocenters. The fraction of sp³-hybridized carbons (Fsp3) is 0. The molecule has 1 heterocycles. The molecule has 1 rings (SSSR count). The second kappa shape index (κ2) is 1.65. The van der Waals surface area contributed by atoms with E-state index >= 15 is 0 Å². The third-order valence-electron chi connectivity index (χ3n) is 0.440. The first-order chi connectivity index (χ1) is 3.00. The number of ether oxygens (including phenoxy) is 1. The summed E-state index contributed by atoms with van der Waals surface area (Å²) in [4.78, 5) is 0. The molecule has 0 amide bonds. The van der Waals surface area contributed by atoms with Crippen LogP contribution in [0.15, 0.2) is 12.3 Å². The van der Waals surface area contributed by atoms with Gasteiger partial charge in [-0.15, -0.1) is 0 Å². The first kappa shape index (κ1) is 3.47. The van der Waals surface area contributed by atoms with Crippen LogP contribution in [0.25, 0.3) is 0 Å². The van der Waals surface area contributed by atoms with Crippen LogP contribution in [0, 0.1) is 18.8 Å². The number of allylic oxidation sites excluding steroid dienone is 2. The Hall–Kier alpha value is -0.720. The Morgan fingerprint density at radius 2 is 2.33 bits per heavy atom. The summed E-state index contributed by atoms with van der Waals surface area (Å²) in [5.74, 6) is 0. The highest BCUT2D eigenvalue weighted by Crippen LogP contribution is 1.90. The smallest absolute Gasteiger partial charge is 0.157 e. The third-order valence-corrected chi connectivity index (χ3v) is 0.440. The average Bonchev–Trinajstić information content (AvgIpc) is 1.72. The average molecular weight is 79.1 g/mol. The summed E-state index contributed by atoms with van der Waals surface area (Å²) < 4.78 is 4.59. The molecule has 1 heteroatoms. The van der Waals surface area contributed by atoms with Crippen LogP contribution in [0.1, 0.15) is 0 Å². The van der Waals surface area contributed by atoms with E-state index in [1.165, 1.54) is 12.9 Å². The van der Waals surface area contributed by atoms with E-state index in [0.29, 0.717) is 0 Å². The van der Waals surface area contributed by atoms with Crippen LogP contribution in [0.3, 0.4) is 0 Å². The lowest BCUT2D eigenvalue weighted by atomic mass is 10.5. The first-order valence-corrected chi connectivity index (χ1v) is 1.63. The molecule has 1 nitrogen and oxygen atoms in total. The standard InChI is InChI=1S/C5H3O/c1-2-4-6-5-3-1/h2,4-5H. The van der Waals surface area contributed by atoms with Gasteiger partial charge in [0.25, 0.3) is 0 Å². The highest BCUT2D eigenvalue weighted by Gasteiger charge is 1.78. The van der Waals surface area contributed by atoms with Crippen molar-refractivity contribution in [2.24, 2.45) is 0 Å². The molecule has 0 aromatic carbocycles. The van der Waals surface area contributed by atoms with Crippen LogP contribution in [-0.2, 0) is 4.74 Å². The molecule has 29 valence electrons. The molecular formula is C5H3O. The largest absolute Gasteiger partial charge is 0.489 e. The summed E-state index contributed by atoms with van der Waals surface area (Å²) in [5, 5.41) is 0. The Balaban J connectivity index is 2.46. The lowest BCUT2D eigenvalue weighted by Gasteiger charge is -1.92. The van der Waals surface area contributed by atoms with Gasteiger partial charge in [-0.05, 0) is 12.2 Å². The van der Waals surface area contributed by atoms with Crippen molar-refractivity contribution in [2.45, 2.75) is 0 Å². The molecule has 0 saturated carbocycles. The molecule has 6 heavy (non-hydrogen) atoms. The van der Waals surface area contributed by atoms with E-state index in [-0.39, 0.29) is 0 Å². The van der Waals surface area contributed by atoms with Gasteiger partial charge in [0.1, 0.15) is 0 Å². The Labute approximate surface area is 36.9 Å². The highest BCUT2D eigenvalue weighted by molar-refractivity contribution is 4.95. The van der Waals surface area contributed by atoms with E-state index in [2.05, 4.69) is 16.9 Å². The zero-order valence-electron chi connectivity index (χ0n) is 3.14. The van der Waals surface area contributed by atoms with Gasteiger partial charge in [-0.1, -0.05) is 0 Å². The number of hydrogen-bond acceptors (Lipinski definition) is 1. The SMILES string of the molecule is [C]1=C[CH]OC=[C]1. The molecule has 0 saturated heterocycles. The van der Waals surface area contributed by atoms with Crippen molar-refractivity contribution < 1.29 is 4.74 Å². The van der Waals surface area contributed by atoms with Crippen LogP contribution in [0.5, 0.6) is 0 Å². The monoisotopic (exact) mass is 79.0 g/mol. The minimum Gasteiger partial charge on any atom is -0.489 e. The lowest BCUT2D eigenvalue weighted by molar-refractivity contribution is 0.351. The second-order valence-electron chi connectivity index (χ2n) is 0.845. The van der Waals surface area contributed by atoms with Gasteiger partial charge in [-0.2, -0.15) is 0 Å². The first-order valence-electron chi connectivity index (χ1n) is 1.63. The molecule has 0 aromatic heterocycles. The van der Waals surface area contributed by atoms with Crippen molar-refractivity contribution in [3.8, 4) is 0 Å². The zero-order valence-corrected chi connectivity index (χ0v) is 3.14. The molecule has 0 unspecified atom stereocenters. The number of hydrogen-bond donors (Lipinski definition) is 0. The molecule has 0 fully saturated rings. The minimum absolute atomic E-state index is 1.44. The molecule has 0 N–H and O–H groups in total. The Morgan fingerprint density at radius 1 is 1.33 bits per heavy atom. The highest BCUT2D eigenvalue weighted by atomic mass is 16.5. The Kier molecular flexibility index (Phi) is 0.955. The van der Waals surface area contributed by atoms with E-state index < -0.39 is 0 Å². The second-order valence-corrected chi connectivity index (χ2v) is 0.845. The van der Waals surface area contributed by atoms with Crippen molar-refractivity contribution >= 4 is 0 Å². The van der Waals surface area contributed by atoms with E-state index in [4.69, 9.17) is 0 Å². The molecule has 0 aliphatic carbocycles.